The summed E-state index contributed by atoms with van der Waals surface area (Å²) in [6, 6.07) is 11.7. The van der Waals surface area contributed by atoms with E-state index in [9.17, 15) is 14.4 Å². The van der Waals surface area contributed by atoms with Crippen LogP contribution in [0.3, 0.4) is 0 Å². The summed E-state index contributed by atoms with van der Waals surface area (Å²) in [5.74, 6) is -0.324. The van der Waals surface area contributed by atoms with Crippen LogP contribution in [-0.2, 0) is 9.59 Å². The Morgan fingerprint density at radius 1 is 1.07 bits per heavy atom. The van der Waals surface area contributed by atoms with Gasteiger partial charge in [-0.05, 0) is 55.3 Å². The SMILES string of the molecule is CC(=O)Nc1cccc(C(=O)NNC(=O)CCCOc2ccc(Cl)cc2C)c1. The number of carbonyl (C=O) groups is 3. The lowest BCUT2D eigenvalue weighted by Gasteiger charge is -2.10. The predicted molar refractivity (Wildman–Crippen MR) is 107 cm³/mol. The van der Waals surface area contributed by atoms with Crippen LogP contribution in [0.15, 0.2) is 42.5 Å². The maximum absolute atomic E-state index is 12.1. The number of hydrogen-bond acceptors (Lipinski definition) is 4. The van der Waals surface area contributed by atoms with Gasteiger partial charge in [-0.2, -0.15) is 0 Å². The Balaban J connectivity index is 1.72. The Kier molecular flexibility index (Phi) is 7.83. The van der Waals surface area contributed by atoms with Crippen molar-refractivity contribution in [3.63, 3.8) is 0 Å². The minimum atomic E-state index is -0.478. The van der Waals surface area contributed by atoms with Crippen molar-refractivity contribution in [1.29, 1.82) is 0 Å². The molecule has 0 fully saturated rings. The Labute approximate surface area is 168 Å². The van der Waals surface area contributed by atoms with E-state index < -0.39 is 5.91 Å². The smallest absolute Gasteiger partial charge is 0.269 e. The molecule has 7 nitrogen and oxygen atoms in total. The molecule has 148 valence electrons. The first-order valence-electron chi connectivity index (χ1n) is 8.71. The summed E-state index contributed by atoms with van der Waals surface area (Å²) in [7, 11) is 0. The van der Waals surface area contributed by atoms with Crippen LogP contribution in [0.4, 0.5) is 5.69 Å². The van der Waals surface area contributed by atoms with Gasteiger partial charge in [0, 0.05) is 29.6 Å². The Morgan fingerprint density at radius 3 is 2.57 bits per heavy atom. The van der Waals surface area contributed by atoms with Gasteiger partial charge in [0.05, 0.1) is 6.61 Å². The Bertz CT molecular complexity index is 870. The van der Waals surface area contributed by atoms with Crippen molar-refractivity contribution in [2.45, 2.75) is 26.7 Å². The van der Waals surface area contributed by atoms with E-state index in [1.807, 2.05) is 6.92 Å². The lowest BCUT2D eigenvalue weighted by atomic mass is 10.2. The summed E-state index contributed by atoms with van der Waals surface area (Å²) in [5, 5.41) is 3.23. The number of amides is 3. The minimum Gasteiger partial charge on any atom is -0.493 e. The van der Waals surface area contributed by atoms with E-state index >= 15 is 0 Å². The second-order valence-corrected chi connectivity index (χ2v) is 6.56. The normalized spacial score (nSPS) is 10.1. The fourth-order valence-electron chi connectivity index (χ4n) is 2.39. The lowest BCUT2D eigenvalue weighted by molar-refractivity contribution is -0.122. The van der Waals surface area contributed by atoms with Gasteiger partial charge in [-0.1, -0.05) is 17.7 Å². The van der Waals surface area contributed by atoms with Crippen LogP contribution in [0.2, 0.25) is 5.02 Å². The fourth-order valence-corrected chi connectivity index (χ4v) is 2.62. The van der Waals surface area contributed by atoms with Gasteiger partial charge in [-0.25, -0.2) is 0 Å². The van der Waals surface area contributed by atoms with Gasteiger partial charge in [0.1, 0.15) is 5.75 Å². The number of halogens is 1. The summed E-state index contributed by atoms with van der Waals surface area (Å²) >= 11 is 5.89. The number of hydrazine groups is 1. The van der Waals surface area contributed by atoms with Crippen molar-refractivity contribution in [2.75, 3.05) is 11.9 Å². The highest BCUT2D eigenvalue weighted by molar-refractivity contribution is 6.30. The molecule has 3 N–H and O–H groups in total. The Hall–Kier alpha value is -3.06. The molecular formula is C20H22ClN3O4. The molecule has 0 spiro atoms. The molecule has 2 aromatic rings. The third-order valence-electron chi connectivity index (χ3n) is 3.70. The number of nitrogens with one attached hydrogen (secondary N) is 3. The van der Waals surface area contributed by atoms with Gasteiger partial charge in [-0.15, -0.1) is 0 Å². The van der Waals surface area contributed by atoms with Crippen molar-refractivity contribution in [3.05, 3.63) is 58.6 Å². The number of aryl methyl sites for hydroxylation is 1. The standard InChI is InChI=1S/C20H22ClN3O4/c1-13-11-16(21)8-9-18(13)28-10-4-7-19(26)23-24-20(27)15-5-3-6-17(12-15)22-14(2)25/h3,5-6,8-9,11-12H,4,7,10H2,1-2H3,(H,22,25)(H,23,26)(H,24,27). The van der Waals surface area contributed by atoms with E-state index in [0.717, 1.165) is 11.3 Å². The maximum Gasteiger partial charge on any atom is 0.269 e. The van der Waals surface area contributed by atoms with Gasteiger partial charge in [-0.3, -0.25) is 25.2 Å². The summed E-state index contributed by atoms with van der Waals surface area (Å²) in [6.07, 6.45) is 0.681. The lowest BCUT2D eigenvalue weighted by Crippen LogP contribution is -2.41. The van der Waals surface area contributed by atoms with Crippen molar-refractivity contribution >= 4 is 35.0 Å². The number of benzene rings is 2. The second-order valence-electron chi connectivity index (χ2n) is 6.13. The Morgan fingerprint density at radius 2 is 1.86 bits per heavy atom. The number of carbonyl (C=O) groups excluding carboxylic acids is 3. The van der Waals surface area contributed by atoms with Crippen molar-refractivity contribution in [3.8, 4) is 5.75 Å². The molecule has 8 heteroatoms. The topological polar surface area (TPSA) is 96.5 Å². The van der Waals surface area contributed by atoms with Crippen molar-refractivity contribution in [2.24, 2.45) is 0 Å². The zero-order valence-corrected chi connectivity index (χ0v) is 16.4. The van der Waals surface area contributed by atoms with E-state index in [2.05, 4.69) is 16.2 Å². The number of anilines is 1. The molecule has 0 aliphatic carbocycles. The summed E-state index contributed by atoms with van der Waals surface area (Å²) in [6.45, 7) is 3.64. The predicted octanol–water partition coefficient (Wildman–Crippen LogP) is 3.23. The highest BCUT2D eigenvalue weighted by Crippen LogP contribution is 2.21. The first kappa shape index (κ1) is 21.2. The van der Waals surface area contributed by atoms with Crippen LogP contribution in [0.25, 0.3) is 0 Å². The molecule has 2 aromatic carbocycles. The van der Waals surface area contributed by atoms with Gasteiger partial charge in [0.25, 0.3) is 5.91 Å². The first-order valence-corrected chi connectivity index (χ1v) is 9.09. The average molecular weight is 404 g/mol. The third-order valence-corrected chi connectivity index (χ3v) is 3.94. The molecule has 2 rings (SSSR count). The molecule has 0 unspecified atom stereocenters. The van der Waals surface area contributed by atoms with Crippen LogP contribution >= 0.6 is 11.6 Å². The molecule has 0 bridgehead atoms. The highest BCUT2D eigenvalue weighted by Gasteiger charge is 2.09. The molecule has 3 amide bonds. The van der Waals surface area contributed by atoms with E-state index in [4.69, 9.17) is 16.3 Å². The monoisotopic (exact) mass is 403 g/mol. The van der Waals surface area contributed by atoms with Gasteiger partial charge >= 0.3 is 0 Å². The van der Waals surface area contributed by atoms with Crippen LogP contribution in [-0.4, -0.2) is 24.3 Å². The zero-order valence-electron chi connectivity index (χ0n) is 15.7. The molecule has 0 aromatic heterocycles. The first-order chi connectivity index (χ1) is 13.3. The van der Waals surface area contributed by atoms with E-state index in [-0.39, 0.29) is 18.2 Å². The molecule has 0 aliphatic rings. The number of ether oxygens (including phenoxy) is 1. The molecule has 0 atom stereocenters. The summed E-state index contributed by atoms with van der Waals surface area (Å²) in [4.78, 5) is 35.0. The largest absolute Gasteiger partial charge is 0.493 e. The average Bonchev–Trinajstić information content (AvgIpc) is 2.64. The van der Waals surface area contributed by atoms with E-state index in [1.165, 1.54) is 13.0 Å². The van der Waals surface area contributed by atoms with Crippen molar-refractivity contribution in [1.82, 2.24) is 10.9 Å². The van der Waals surface area contributed by atoms with E-state index in [0.29, 0.717) is 29.3 Å². The van der Waals surface area contributed by atoms with Gasteiger partial charge in [0.2, 0.25) is 11.8 Å². The quantitative estimate of drug-likeness (QED) is 0.488. The number of hydrogen-bond donors (Lipinski definition) is 3. The molecule has 28 heavy (non-hydrogen) atoms. The van der Waals surface area contributed by atoms with Crippen LogP contribution in [0.5, 0.6) is 5.75 Å². The maximum atomic E-state index is 12.1. The molecule has 0 heterocycles. The molecule has 0 aliphatic heterocycles. The molecular weight excluding hydrogens is 382 g/mol. The summed E-state index contributed by atoms with van der Waals surface area (Å²) in [5.41, 5.74) is 6.44. The number of rotatable bonds is 7. The van der Waals surface area contributed by atoms with Crippen LogP contribution in [0, 0.1) is 6.92 Å². The van der Waals surface area contributed by atoms with E-state index in [1.54, 1.807) is 36.4 Å². The molecule has 0 saturated carbocycles. The van der Waals surface area contributed by atoms with Crippen LogP contribution in [0.1, 0.15) is 35.7 Å². The van der Waals surface area contributed by atoms with Crippen LogP contribution < -0.4 is 20.9 Å². The molecule has 0 saturated heterocycles. The summed E-state index contributed by atoms with van der Waals surface area (Å²) < 4.78 is 5.62. The third kappa shape index (κ3) is 6.92. The van der Waals surface area contributed by atoms with Crippen molar-refractivity contribution < 1.29 is 19.1 Å². The second kappa shape index (κ2) is 10.3. The fraction of sp³-hybridized carbons (Fsp3) is 0.250. The van der Waals surface area contributed by atoms with Gasteiger partial charge < -0.3 is 10.1 Å². The zero-order chi connectivity index (χ0) is 20.5. The molecule has 0 radical (unpaired) electrons. The van der Waals surface area contributed by atoms with Gasteiger partial charge in [0.15, 0.2) is 0 Å². The minimum absolute atomic E-state index is 0.193. The highest BCUT2D eigenvalue weighted by atomic mass is 35.5.